The summed E-state index contributed by atoms with van der Waals surface area (Å²) in [5, 5.41) is 3.76. The highest BCUT2D eigenvalue weighted by atomic mass is 32.2. The van der Waals surface area contributed by atoms with Crippen LogP contribution in [-0.2, 0) is 27.5 Å². The molecule has 0 bridgehead atoms. The third kappa shape index (κ3) is 3.16. The summed E-state index contributed by atoms with van der Waals surface area (Å²) >= 11 is 0. The predicted octanol–water partition coefficient (Wildman–Crippen LogP) is 1.84. The molecule has 22 heavy (non-hydrogen) atoms. The van der Waals surface area contributed by atoms with Crippen LogP contribution in [0.3, 0.4) is 0 Å². The number of rotatable bonds is 4. The van der Waals surface area contributed by atoms with Crippen LogP contribution in [0, 0.1) is 0 Å². The third-order valence-electron chi connectivity index (χ3n) is 4.07. The Kier molecular flexibility index (Phi) is 3.95. The first-order valence-corrected chi connectivity index (χ1v) is 9.28. The van der Waals surface area contributed by atoms with Crippen molar-refractivity contribution in [2.75, 3.05) is 11.5 Å². The zero-order valence-electron chi connectivity index (χ0n) is 12.5. The molecule has 1 aliphatic heterocycles. The monoisotopic (exact) mass is 321 g/mol. The van der Waals surface area contributed by atoms with Gasteiger partial charge in [0.25, 0.3) is 0 Å². The highest BCUT2D eigenvalue weighted by Crippen LogP contribution is 2.23. The molecule has 1 aromatic carbocycles. The molecule has 2 heterocycles. The van der Waals surface area contributed by atoms with E-state index in [9.17, 15) is 13.2 Å². The van der Waals surface area contributed by atoms with Crippen LogP contribution in [0.4, 0.5) is 0 Å². The van der Waals surface area contributed by atoms with Crippen molar-refractivity contribution in [3.05, 3.63) is 35.6 Å². The molecule has 118 valence electrons. The van der Waals surface area contributed by atoms with Crippen molar-refractivity contribution in [3.63, 3.8) is 0 Å². The fraction of sp³-hybridized carbons (Fsp3) is 0.438. The SMILES string of the molecule is CCc1ccc2occ(CC(=O)NC3CCS(=O)(=O)C3)c2c1. The van der Waals surface area contributed by atoms with Gasteiger partial charge in [0, 0.05) is 17.0 Å². The van der Waals surface area contributed by atoms with Gasteiger partial charge < -0.3 is 9.73 Å². The van der Waals surface area contributed by atoms with E-state index in [1.54, 1.807) is 6.26 Å². The molecule has 2 aromatic rings. The maximum Gasteiger partial charge on any atom is 0.224 e. The van der Waals surface area contributed by atoms with Gasteiger partial charge in [-0.05, 0) is 30.5 Å². The minimum atomic E-state index is -2.98. The minimum Gasteiger partial charge on any atom is -0.464 e. The number of aryl methyl sites for hydroxylation is 1. The fourth-order valence-corrected chi connectivity index (χ4v) is 4.52. The standard InChI is InChI=1S/C16H19NO4S/c1-2-11-3-4-15-14(7-11)12(9-21-15)8-16(18)17-13-5-6-22(19,20)10-13/h3-4,7,9,13H,2,5-6,8,10H2,1H3,(H,17,18). The first-order valence-electron chi connectivity index (χ1n) is 7.45. The van der Waals surface area contributed by atoms with Crippen LogP contribution in [-0.4, -0.2) is 31.9 Å². The Labute approximate surface area is 129 Å². The lowest BCUT2D eigenvalue weighted by Gasteiger charge is -2.10. The molecule has 5 nitrogen and oxygen atoms in total. The van der Waals surface area contributed by atoms with Gasteiger partial charge in [-0.15, -0.1) is 0 Å². The summed E-state index contributed by atoms with van der Waals surface area (Å²) in [6.45, 7) is 2.08. The van der Waals surface area contributed by atoms with Crippen LogP contribution >= 0.6 is 0 Å². The molecule has 1 aromatic heterocycles. The van der Waals surface area contributed by atoms with Gasteiger partial charge in [0.15, 0.2) is 9.84 Å². The van der Waals surface area contributed by atoms with Gasteiger partial charge in [-0.3, -0.25) is 4.79 Å². The number of furan rings is 1. The van der Waals surface area contributed by atoms with Crippen molar-refractivity contribution in [1.82, 2.24) is 5.32 Å². The Morgan fingerprint density at radius 1 is 1.41 bits per heavy atom. The Balaban J connectivity index is 1.71. The van der Waals surface area contributed by atoms with Crippen molar-refractivity contribution in [2.45, 2.75) is 32.2 Å². The quantitative estimate of drug-likeness (QED) is 0.932. The van der Waals surface area contributed by atoms with E-state index < -0.39 is 9.84 Å². The number of carbonyl (C=O) groups is 1. The molecule has 1 unspecified atom stereocenters. The first-order chi connectivity index (χ1) is 10.5. The van der Waals surface area contributed by atoms with Crippen LogP contribution < -0.4 is 5.32 Å². The largest absolute Gasteiger partial charge is 0.464 e. The Bertz CT molecular complexity index is 807. The van der Waals surface area contributed by atoms with Gasteiger partial charge in [-0.2, -0.15) is 0 Å². The number of hydrogen-bond acceptors (Lipinski definition) is 4. The summed E-state index contributed by atoms with van der Waals surface area (Å²) in [6.07, 6.45) is 3.23. The predicted molar refractivity (Wildman–Crippen MR) is 84.5 cm³/mol. The van der Waals surface area contributed by atoms with Gasteiger partial charge in [0.05, 0.1) is 24.2 Å². The fourth-order valence-electron chi connectivity index (χ4n) is 2.85. The number of amides is 1. The van der Waals surface area contributed by atoms with Crippen molar-refractivity contribution in [2.24, 2.45) is 0 Å². The van der Waals surface area contributed by atoms with E-state index in [0.29, 0.717) is 6.42 Å². The van der Waals surface area contributed by atoms with Crippen LogP contribution in [0.15, 0.2) is 28.9 Å². The number of sulfone groups is 1. The summed E-state index contributed by atoms with van der Waals surface area (Å²) in [5.41, 5.74) is 2.80. The Hall–Kier alpha value is -1.82. The lowest BCUT2D eigenvalue weighted by Crippen LogP contribution is -2.36. The minimum absolute atomic E-state index is 0.0465. The van der Waals surface area contributed by atoms with Crippen molar-refractivity contribution in [1.29, 1.82) is 0 Å². The van der Waals surface area contributed by atoms with E-state index in [4.69, 9.17) is 4.42 Å². The highest BCUT2D eigenvalue weighted by Gasteiger charge is 2.29. The molecule has 0 spiro atoms. The van der Waals surface area contributed by atoms with Gasteiger partial charge >= 0.3 is 0 Å². The zero-order chi connectivity index (χ0) is 15.7. The van der Waals surface area contributed by atoms with Crippen LogP contribution in [0.2, 0.25) is 0 Å². The summed E-state index contributed by atoms with van der Waals surface area (Å²) in [4.78, 5) is 12.1. The van der Waals surface area contributed by atoms with E-state index in [1.165, 1.54) is 5.56 Å². The molecule has 6 heteroatoms. The molecule has 0 radical (unpaired) electrons. The van der Waals surface area contributed by atoms with Crippen molar-refractivity contribution in [3.8, 4) is 0 Å². The van der Waals surface area contributed by atoms with E-state index in [1.807, 2.05) is 18.2 Å². The third-order valence-corrected chi connectivity index (χ3v) is 5.84. The maximum absolute atomic E-state index is 12.1. The topological polar surface area (TPSA) is 76.4 Å². The number of carbonyl (C=O) groups excluding carboxylic acids is 1. The number of hydrogen-bond donors (Lipinski definition) is 1. The Morgan fingerprint density at radius 3 is 2.91 bits per heavy atom. The normalized spacial score (nSPS) is 20.3. The number of benzene rings is 1. The molecular weight excluding hydrogens is 302 g/mol. The molecule has 1 fully saturated rings. The van der Waals surface area contributed by atoms with Crippen molar-refractivity contribution < 1.29 is 17.6 Å². The number of nitrogens with one attached hydrogen (secondary N) is 1. The molecule has 0 aliphatic carbocycles. The summed E-state index contributed by atoms with van der Waals surface area (Å²) in [7, 11) is -2.98. The molecule has 1 N–H and O–H groups in total. The molecule has 1 aliphatic rings. The van der Waals surface area contributed by atoms with Gasteiger partial charge in [-0.1, -0.05) is 13.0 Å². The second-order valence-corrected chi connectivity index (χ2v) is 8.02. The van der Waals surface area contributed by atoms with E-state index in [-0.39, 0.29) is 29.9 Å². The van der Waals surface area contributed by atoms with E-state index in [2.05, 4.69) is 12.2 Å². The first kappa shape index (κ1) is 15.1. The molecule has 1 saturated heterocycles. The van der Waals surface area contributed by atoms with Gasteiger partial charge in [0.1, 0.15) is 5.58 Å². The van der Waals surface area contributed by atoms with Crippen LogP contribution in [0.1, 0.15) is 24.5 Å². The number of fused-ring (bicyclic) bond motifs is 1. The van der Waals surface area contributed by atoms with Gasteiger partial charge in [-0.25, -0.2) is 8.42 Å². The lowest BCUT2D eigenvalue weighted by molar-refractivity contribution is -0.120. The molecule has 3 rings (SSSR count). The average molecular weight is 321 g/mol. The average Bonchev–Trinajstić information content (AvgIpc) is 3.02. The second kappa shape index (κ2) is 5.76. The smallest absolute Gasteiger partial charge is 0.224 e. The molecule has 1 atom stereocenters. The second-order valence-electron chi connectivity index (χ2n) is 5.79. The van der Waals surface area contributed by atoms with Crippen LogP contribution in [0.25, 0.3) is 11.0 Å². The summed E-state index contributed by atoms with van der Waals surface area (Å²) < 4.78 is 28.3. The van der Waals surface area contributed by atoms with Gasteiger partial charge in [0.2, 0.25) is 5.91 Å². The van der Waals surface area contributed by atoms with Crippen molar-refractivity contribution >= 4 is 26.7 Å². The summed E-state index contributed by atoms with van der Waals surface area (Å²) in [6, 6.07) is 5.71. The molecular formula is C16H19NO4S. The molecule has 1 amide bonds. The highest BCUT2D eigenvalue weighted by molar-refractivity contribution is 7.91. The summed E-state index contributed by atoms with van der Waals surface area (Å²) in [5.74, 6) is 0.0452. The Morgan fingerprint density at radius 2 is 2.23 bits per heavy atom. The lowest BCUT2D eigenvalue weighted by atomic mass is 10.1. The van der Waals surface area contributed by atoms with E-state index >= 15 is 0 Å². The van der Waals surface area contributed by atoms with Crippen LogP contribution in [0.5, 0.6) is 0 Å². The van der Waals surface area contributed by atoms with E-state index in [0.717, 1.165) is 23.0 Å². The maximum atomic E-state index is 12.1. The zero-order valence-corrected chi connectivity index (χ0v) is 13.3. The molecule has 0 saturated carbocycles.